The summed E-state index contributed by atoms with van der Waals surface area (Å²) < 4.78 is 1.29. The van der Waals surface area contributed by atoms with E-state index < -0.39 is 0 Å². The zero-order chi connectivity index (χ0) is 22.2. The van der Waals surface area contributed by atoms with Crippen LogP contribution in [-0.4, -0.2) is 55.1 Å². The molecule has 2 aromatic heterocycles. The lowest BCUT2D eigenvalue weighted by Crippen LogP contribution is -2.52. The highest BCUT2D eigenvalue weighted by atomic mass is 35.5. The van der Waals surface area contributed by atoms with Crippen LogP contribution >= 0.6 is 22.9 Å². The number of thiophene rings is 1. The summed E-state index contributed by atoms with van der Waals surface area (Å²) >= 11 is 8.02. The summed E-state index contributed by atoms with van der Waals surface area (Å²) in [5.74, 6) is 1.52. The zero-order valence-corrected chi connectivity index (χ0v) is 20.3. The van der Waals surface area contributed by atoms with Crippen molar-refractivity contribution in [2.24, 2.45) is 5.92 Å². The summed E-state index contributed by atoms with van der Waals surface area (Å²) in [7, 11) is 0. The first-order chi connectivity index (χ1) is 15.5. The monoisotopic (exact) mass is 468 g/mol. The molecule has 0 atom stereocenters. The lowest BCUT2D eigenvalue weighted by atomic mass is 9.94. The third-order valence-corrected chi connectivity index (χ3v) is 8.05. The quantitative estimate of drug-likeness (QED) is 0.534. The van der Waals surface area contributed by atoms with Gasteiger partial charge in [0, 0.05) is 77.1 Å². The molecule has 1 amide bonds. The molecule has 0 spiro atoms. The van der Waals surface area contributed by atoms with Crippen LogP contribution in [0, 0.1) is 19.8 Å². The van der Waals surface area contributed by atoms with Gasteiger partial charge < -0.3 is 14.7 Å². The smallest absolute Gasteiger partial charge is 0.225 e. The number of piperazine rings is 1. The highest BCUT2D eigenvalue weighted by Crippen LogP contribution is 2.33. The fraction of sp³-hybridized carbons (Fsp3) is 0.440. The first-order valence-electron chi connectivity index (χ1n) is 11.4. The Morgan fingerprint density at radius 2 is 1.75 bits per heavy atom. The van der Waals surface area contributed by atoms with Crippen LogP contribution < -0.4 is 9.80 Å². The number of pyridine rings is 1. The molecule has 3 aromatic rings. The predicted octanol–water partition coefficient (Wildman–Crippen LogP) is 5.13. The lowest BCUT2D eigenvalue weighted by Gasteiger charge is -2.40. The molecule has 1 aromatic carbocycles. The van der Waals surface area contributed by atoms with Crippen molar-refractivity contribution in [2.45, 2.75) is 26.7 Å². The Balaban J connectivity index is 1.19. The summed E-state index contributed by atoms with van der Waals surface area (Å²) in [6.07, 6.45) is 3.70. The van der Waals surface area contributed by atoms with Gasteiger partial charge in [-0.3, -0.25) is 4.79 Å². The normalized spacial score (nSPS) is 17.9. The van der Waals surface area contributed by atoms with Crippen LogP contribution in [0.5, 0.6) is 0 Å². The van der Waals surface area contributed by atoms with Gasteiger partial charge in [0.25, 0.3) is 0 Å². The number of amides is 1. The molecule has 168 valence electrons. The molecule has 7 heteroatoms. The number of hydrogen-bond acceptors (Lipinski definition) is 5. The lowest BCUT2D eigenvalue weighted by molar-refractivity contribution is -0.136. The van der Waals surface area contributed by atoms with E-state index >= 15 is 0 Å². The molecule has 2 saturated heterocycles. The molecule has 0 bridgehead atoms. The van der Waals surface area contributed by atoms with Crippen LogP contribution in [0.2, 0.25) is 5.02 Å². The van der Waals surface area contributed by atoms with E-state index in [1.807, 2.05) is 29.7 Å². The molecule has 2 fully saturated rings. The molecule has 0 aliphatic carbocycles. The number of aryl methyl sites for hydroxylation is 2. The third-order valence-electron chi connectivity index (χ3n) is 6.79. The maximum Gasteiger partial charge on any atom is 0.225 e. The molecule has 0 radical (unpaired) electrons. The van der Waals surface area contributed by atoms with Crippen molar-refractivity contribution < 1.29 is 4.79 Å². The van der Waals surface area contributed by atoms with Gasteiger partial charge in [0.15, 0.2) is 0 Å². The molecule has 5 rings (SSSR count). The summed E-state index contributed by atoms with van der Waals surface area (Å²) in [4.78, 5) is 26.0. The summed E-state index contributed by atoms with van der Waals surface area (Å²) in [5, 5.41) is 2.01. The fourth-order valence-electron chi connectivity index (χ4n) is 5.02. The minimum atomic E-state index is 0.120. The van der Waals surface area contributed by atoms with Crippen molar-refractivity contribution in [1.82, 2.24) is 9.88 Å². The number of fused-ring (bicyclic) bond motifs is 1. The van der Waals surface area contributed by atoms with E-state index in [9.17, 15) is 4.79 Å². The Kier molecular flexibility index (Phi) is 5.99. The first kappa shape index (κ1) is 21.5. The van der Waals surface area contributed by atoms with E-state index in [0.717, 1.165) is 63.0 Å². The Hall–Kier alpha value is -2.31. The Morgan fingerprint density at radius 1 is 1.00 bits per heavy atom. The number of benzene rings is 1. The number of carbonyl (C=O) groups is 1. The largest absolute Gasteiger partial charge is 0.368 e. The Labute approximate surface area is 198 Å². The van der Waals surface area contributed by atoms with Crippen molar-refractivity contribution in [1.29, 1.82) is 0 Å². The van der Waals surface area contributed by atoms with E-state index in [1.165, 1.54) is 26.2 Å². The predicted molar refractivity (Wildman–Crippen MR) is 134 cm³/mol. The maximum absolute atomic E-state index is 13.2. The van der Waals surface area contributed by atoms with Crippen molar-refractivity contribution in [2.75, 3.05) is 49.1 Å². The van der Waals surface area contributed by atoms with E-state index in [-0.39, 0.29) is 5.92 Å². The SMILES string of the molecule is Cc1cc2c(N3CCC(C(=O)N4CCN(c5cc(Cl)ccc5C)CC4)CC3)nccc2s1. The Bertz CT molecular complexity index is 1130. The second kappa shape index (κ2) is 8.91. The highest BCUT2D eigenvalue weighted by molar-refractivity contribution is 7.19. The van der Waals surface area contributed by atoms with Gasteiger partial charge in [0.05, 0.1) is 0 Å². The van der Waals surface area contributed by atoms with E-state index in [2.05, 4.69) is 51.7 Å². The van der Waals surface area contributed by atoms with E-state index in [4.69, 9.17) is 11.6 Å². The summed E-state index contributed by atoms with van der Waals surface area (Å²) in [6.45, 7) is 9.30. The van der Waals surface area contributed by atoms with Crippen LogP contribution in [0.15, 0.2) is 36.5 Å². The van der Waals surface area contributed by atoms with Crippen LogP contribution in [0.4, 0.5) is 11.5 Å². The number of anilines is 2. The molecule has 2 aliphatic heterocycles. The van der Waals surface area contributed by atoms with Gasteiger partial charge in [0.2, 0.25) is 5.91 Å². The van der Waals surface area contributed by atoms with Crippen LogP contribution in [0.1, 0.15) is 23.3 Å². The minimum Gasteiger partial charge on any atom is -0.368 e. The van der Waals surface area contributed by atoms with Gasteiger partial charge in [0.1, 0.15) is 5.82 Å². The third kappa shape index (κ3) is 4.18. The average Bonchev–Trinajstić information content (AvgIpc) is 3.21. The minimum absolute atomic E-state index is 0.120. The molecule has 2 aliphatic rings. The first-order valence-corrected chi connectivity index (χ1v) is 12.6. The van der Waals surface area contributed by atoms with E-state index in [0.29, 0.717) is 5.91 Å². The highest BCUT2D eigenvalue weighted by Gasteiger charge is 2.31. The number of aromatic nitrogens is 1. The molecule has 5 nitrogen and oxygen atoms in total. The zero-order valence-electron chi connectivity index (χ0n) is 18.7. The van der Waals surface area contributed by atoms with E-state index in [1.54, 1.807) is 0 Å². The van der Waals surface area contributed by atoms with Crippen molar-refractivity contribution >= 4 is 50.4 Å². The molecule has 32 heavy (non-hydrogen) atoms. The van der Waals surface area contributed by atoms with Crippen molar-refractivity contribution in [3.8, 4) is 0 Å². The van der Waals surface area contributed by atoms with Crippen LogP contribution in [-0.2, 0) is 4.79 Å². The number of hydrogen-bond donors (Lipinski definition) is 0. The summed E-state index contributed by atoms with van der Waals surface area (Å²) in [5.41, 5.74) is 2.41. The molecule has 4 heterocycles. The fourth-order valence-corrected chi connectivity index (χ4v) is 6.09. The number of nitrogens with zero attached hydrogens (tertiary/aromatic N) is 4. The number of halogens is 1. The molecule has 0 unspecified atom stereocenters. The summed E-state index contributed by atoms with van der Waals surface area (Å²) in [6, 6.07) is 10.4. The van der Waals surface area contributed by atoms with Gasteiger partial charge in [-0.1, -0.05) is 17.7 Å². The van der Waals surface area contributed by atoms with Crippen LogP contribution in [0.25, 0.3) is 10.1 Å². The van der Waals surface area contributed by atoms with Crippen molar-refractivity contribution in [3.05, 3.63) is 52.0 Å². The van der Waals surface area contributed by atoms with Crippen molar-refractivity contribution in [3.63, 3.8) is 0 Å². The Morgan fingerprint density at radius 3 is 2.50 bits per heavy atom. The molecular formula is C25H29ClN4OS. The van der Waals surface area contributed by atoms with Gasteiger partial charge in [-0.25, -0.2) is 4.98 Å². The van der Waals surface area contributed by atoms with Gasteiger partial charge in [-0.15, -0.1) is 11.3 Å². The number of piperidine rings is 1. The number of rotatable bonds is 3. The maximum atomic E-state index is 13.2. The molecule has 0 saturated carbocycles. The topological polar surface area (TPSA) is 39.7 Å². The standard InChI is InChI=1S/C25H29ClN4OS/c1-17-3-4-20(26)16-22(17)28-11-13-30(14-12-28)25(31)19-6-9-29(10-7-19)24-21-15-18(2)32-23(21)5-8-27-24/h3-5,8,15-16,19H,6-7,9-14H2,1-2H3. The van der Waals surface area contributed by atoms with Gasteiger partial charge in [-0.05, 0) is 56.5 Å². The molecule has 0 N–H and O–H groups in total. The van der Waals surface area contributed by atoms with Crippen LogP contribution in [0.3, 0.4) is 0 Å². The van der Waals surface area contributed by atoms with Gasteiger partial charge >= 0.3 is 0 Å². The molecular weight excluding hydrogens is 440 g/mol. The second-order valence-electron chi connectivity index (χ2n) is 8.91. The average molecular weight is 469 g/mol. The second-order valence-corrected chi connectivity index (χ2v) is 10.6. The number of carbonyl (C=O) groups excluding carboxylic acids is 1. The van der Waals surface area contributed by atoms with Gasteiger partial charge in [-0.2, -0.15) is 0 Å².